The van der Waals surface area contributed by atoms with Crippen molar-refractivity contribution in [1.29, 1.82) is 0 Å². The predicted octanol–water partition coefficient (Wildman–Crippen LogP) is 6.12. The van der Waals surface area contributed by atoms with Gasteiger partial charge in [0.05, 0.1) is 25.2 Å². The third-order valence-corrected chi connectivity index (χ3v) is 6.47. The Morgan fingerprint density at radius 2 is 1.62 bits per heavy atom. The van der Waals surface area contributed by atoms with Gasteiger partial charge in [-0.15, -0.1) is 0 Å². The molecule has 4 aromatic rings. The molecule has 47 heavy (non-hydrogen) atoms. The molecule has 250 valence electrons. The Hall–Kier alpha value is -5.53. The van der Waals surface area contributed by atoms with Crippen molar-refractivity contribution in [1.82, 2.24) is 10.3 Å². The van der Waals surface area contributed by atoms with E-state index in [9.17, 15) is 27.9 Å². The number of nitrogen functional groups attached to an aromatic ring is 1. The molecule has 1 heterocycles. The van der Waals surface area contributed by atoms with Gasteiger partial charge in [-0.25, -0.2) is 9.78 Å². The second-order valence-electron chi connectivity index (χ2n) is 10.4. The number of pyridine rings is 1. The zero-order chi connectivity index (χ0) is 34.7. The summed E-state index contributed by atoms with van der Waals surface area (Å²) in [6, 6.07) is 20.2. The van der Waals surface area contributed by atoms with Gasteiger partial charge in [-0.05, 0) is 73.7 Å². The first kappa shape index (κ1) is 35.9. The number of carboxylic acid groups (broad SMARTS) is 2. The van der Waals surface area contributed by atoms with E-state index in [1.54, 1.807) is 36.5 Å². The first-order valence-corrected chi connectivity index (χ1v) is 14.4. The number of nitrogens with two attached hydrogens (primary N) is 1. The van der Waals surface area contributed by atoms with Gasteiger partial charge in [0.2, 0.25) is 5.91 Å². The number of carbonyl (C=O) groups is 3. The smallest absolute Gasteiger partial charge is 0.490 e. The Morgan fingerprint density at radius 1 is 0.936 bits per heavy atom. The number of carboxylic acids is 2. The second kappa shape index (κ2) is 16.2. The molecule has 0 aliphatic carbocycles. The summed E-state index contributed by atoms with van der Waals surface area (Å²) in [6.45, 7) is 6.14. The van der Waals surface area contributed by atoms with Gasteiger partial charge in [0.1, 0.15) is 11.9 Å². The van der Waals surface area contributed by atoms with Crippen LogP contribution in [0.2, 0.25) is 0 Å². The molecule has 2 atom stereocenters. The van der Waals surface area contributed by atoms with E-state index in [2.05, 4.69) is 15.6 Å². The molecule has 0 bridgehead atoms. The van der Waals surface area contributed by atoms with Gasteiger partial charge in [-0.1, -0.05) is 36.4 Å². The third-order valence-electron chi connectivity index (χ3n) is 6.47. The zero-order valence-electron chi connectivity index (χ0n) is 25.7. The van der Waals surface area contributed by atoms with E-state index in [4.69, 9.17) is 25.1 Å². The summed E-state index contributed by atoms with van der Waals surface area (Å²) >= 11 is 0. The molecule has 0 radical (unpaired) electrons. The van der Waals surface area contributed by atoms with Crippen LogP contribution in [0.5, 0.6) is 11.5 Å². The fourth-order valence-corrected chi connectivity index (χ4v) is 4.45. The minimum Gasteiger partial charge on any atom is -0.490 e. The van der Waals surface area contributed by atoms with E-state index >= 15 is 0 Å². The quantitative estimate of drug-likeness (QED) is 0.120. The number of rotatable bonds is 12. The van der Waals surface area contributed by atoms with Crippen LogP contribution in [-0.4, -0.2) is 51.9 Å². The molecule has 3 aromatic carbocycles. The van der Waals surface area contributed by atoms with Crippen LogP contribution >= 0.6 is 0 Å². The molecule has 1 unspecified atom stereocenters. The Labute approximate surface area is 268 Å². The van der Waals surface area contributed by atoms with Crippen LogP contribution in [0, 0.1) is 0 Å². The highest BCUT2D eigenvalue weighted by Gasteiger charge is 2.38. The molecule has 11 nitrogen and oxygen atoms in total. The summed E-state index contributed by atoms with van der Waals surface area (Å²) in [6.07, 6.45) is -3.79. The number of hydrogen-bond donors (Lipinski definition) is 5. The number of anilines is 2. The van der Waals surface area contributed by atoms with Crippen molar-refractivity contribution in [2.24, 2.45) is 0 Å². The van der Waals surface area contributed by atoms with Crippen LogP contribution < -0.4 is 25.8 Å². The number of aromatic nitrogens is 1. The highest BCUT2D eigenvalue weighted by atomic mass is 19.4. The van der Waals surface area contributed by atoms with Crippen molar-refractivity contribution in [3.8, 4) is 11.5 Å². The molecule has 0 aliphatic rings. The van der Waals surface area contributed by atoms with Crippen LogP contribution in [0.15, 0.2) is 79.0 Å². The van der Waals surface area contributed by atoms with E-state index in [0.717, 1.165) is 10.8 Å². The van der Waals surface area contributed by atoms with Gasteiger partial charge in [-0.2, -0.15) is 13.2 Å². The normalized spacial score (nSPS) is 12.3. The van der Waals surface area contributed by atoms with Gasteiger partial charge in [0, 0.05) is 17.3 Å². The number of aliphatic carboxylic acids is 2. The highest BCUT2D eigenvalue weighted by Crippen LogP contribution is 2.34. The van der Waals surface area contributed by atoms with E-state index in [1.807, 2.05) is 63.2 Å². The molecule has 14 heteroatoms. The summed E-state index contributed by atoms with van der Waals surface area (Å²) in [4.78, 5) is 38.6. The molecular weight excluding hydrogens is 621 g/mol. The van der Waals surface area contributed by atoms with Crippen molar-refractivity contribution < 1.29 is 47.2 Å². The van der Waals surface area contributed by atoms with E-state index in [0.29, 0.717) is 40.7 Å². The molecular formula is C33H35F3N4O7. The van der Waals surface area contributed by atoms with E-state index in [-0.39, 0.29) is 12.5 Å². The van der Waals surface area contributed by atoms with Crippen LogP contribution in [0.25, 0.3) is 10.8 Å². The monoisotopic (exact) mass is 656 g/mol. The standard InChI is InChI=1S/C31H34N4O5.C2HF3O2/c1-4-39-27-17-22(10-13-26(27)40-19(2)3)29(34-23-11-12-24-21(16-23)14-15-33-30(24)32)31(38)35-25(18-28(36)37)20-8-6-5-7-9-20;3-2(4,5)1(6)7/h5-17,19,25,29,34H,4,18H2,1-3H3,(H2,32,33)(H,35,38)(H,36,37);(H,6,7)/t25-,29?;/m1./s1. The molecule has 0 saturated carbocycles. The Morgan fingerprint density at radius 3 is 2.21 bits per heavy atom. The van der Waals surface area contributed by atoms with E-state index < -0.39 is 36.1 Å². The summed E-state index contributed by atoms with van der Waals surface area (Å²) < 4.78 is 43.5. The zero-order valence-corrected chi connectivity index (χ0v) is 25.7. The first-order valence-electron chi connectivity index (χ1n) is 14.4. The lowest BCUT2D eigenvalue weighted by molar-refractivity contribution is -0.192. The molecule has 0 spiro atoms. The molecule has 0 saturated heterocycles. The van der Waals surface area contributed by atoms with Crippen molar-refractivity contribution in [3.05, 3.63) is 90.1 Å². The van der Waals surface area contributed by atoms with Crippen molar-refractivity contribution in [2.75, 3.05) is 17.7 Å². The molecule has 4 rings (SSSR count). The summed E-state index contributed by atoms with van der Waals surface area (Å²) in [5, 5.41) is 24.6. The van der Waals surface area contributed by atoms with E-state index in [1.165, 1.54) is 0 Å². The number of ether oxygens (including phenoxy) is 2. The molecule has 1 amide bonds. The lowest BCUT2D eigenvalue weighted by Crippen LogP contribution is -2.37. The largest absolute Gasteiger partial charge is 0.490 e. The lowest BCUT2D eigenvalue weighted by atomic mass is 10.0. The van der Waals surface area contributed by atoms with Crippen molar-refractivity contribution in [2.45, 2.75) is 51.6 Å². The Bertz CT molecular complexity index is 1680. The fraction of sp³-hybridized carbons (Fsp3) is 0.273. The van der Waals surface area contributed by atoms with Crippen molar-refractivity contribution in [3.63, 3.8) is 0 Å². The first-order chi connectivity index (χ1) is 22.2. The Kier molecular flexibility index (Phi) is 12.4. The number of amides is 1. The van der Waals surface area contributed by atoms with Crippen LogP contribution in [-0.2, 0) is 14.4 Å². The molecule has 6 N–H and O–H groups in total. The number of benzene rings is 3. The number of nitrogens with one attached hydrogen (secondary N) is 2. The second-order valence-corrected chi connectivity index (χ2v) is 10.4. The molecule has 0 fully saturated rings. The van der Waals surface area contributed by atoms with Gasteiger partial charge in [0.25, 0.3) is 0 Å². The topological polar surface area (TPSA) is 173 Å². The Balaban J connectivity index is 0.000000771. The number of alkyl halides is 3. The van der Waals surface area contributed by atoms with Crippen molar-refractivity contribution >= 4 is 40.1 Å². The lowest BCUT2D eigenvalue weighted by Gasteiger charge is -2.25. The van der Waals surface area contributed by atoms with Crippen LogP contribution in [0.4, 0.5) is 24.7 Å². The summed E-state index contributed by atoms with van der Waals surface area (Å²) in [5.74, 6) is -2.68. The van der Waals surface area contributed by atoms with Gasteiger partial charge in [-0.3, -0.25) is 9.59 Å². The van der Waals surface area contributed by atoms with Gasteiger partial charge >= 0.3 is 18.1 Å². The average Bonchev–Trinajstić information content (AvgIpc) is 3.00. The third kappa shape index (κ3) is 10.5. The maximum Gasteiger partial charge on any atom is 0.490 e. The average molecular weight is 657 g/mol. The minimum absolute atomic E-state index is 0.0653. The van der Waals surface area contributed by atoms with Gasteiger partial charge < -0.3 is 36.1 Å². The number of hydrogen-bond acceptors (Lipinski definition) is 8. The SMILES string of the molecule is CCOc1cc(C(Nc2ccc3c(N)nccc3c2)C(=O)N[C@H](CC(=O)O)c2ccccc2)ccc1OC(C)C.O=C(O)C(F)(F)F. The predicted molar refractivity (Wildman–Crippen MR) is 169 cm³/mol. The number of nitrogens with zero attached hydrogens (tertiary/aromatic N) is 1. The molecule has 0 aliphatic heterocycles. The highest BCUT2D eigenvalue weighted by molar-refractivity contribution is 5.94. The number of fused-ring (bicyclic) bond motifs is 1. The summed E-state index contributed by atoms with van der Waals surface area (Å²) in [5.41, 5.74) is 8.01. The summed E-state index contributed by atoms with van der Waals surface area (Å²) in [7, 11) is 0. The van der Waals surface area contributed by atoms with Gasteiger partial charge in [0.15, 0.2) is 11.5 Å². The number of carbonyl (C=O) groups excluding carboxylic acids is 1. The fourth-order valence-electron chi connectivity index (χ4n) is 4.45. The maximum absolute atomic E-state index is 13.9. The molecule has 1 aromatic heterocycles. The number of halogens is 3. The maximum atomic E-state index is 13.9. The minimum atomic E-state index is -5.08. The van der Waals surface area contributed by atoms with Crippen LogP contribution in [0.1, 0.15) is 50.4 Å². The van der Waals surface area contributed by atoms with Crippen LogP contribution in [0.3, 0.4) is 0 Å².